The number of rotatable bonds is 6. The van der Waals surface area contributed by atoms with Crippen LogP contribution >= 0.6 is 0 Å². The molecule has 0 saturated heterocycles. The molecule has 4 heteroatoms. The minimum absolute atomic E-state index is 0.233. The van der Waals surface area contributed by atoms with Crippen LogP contribution in [0.1, 0.15) is 25.3 Å². The minimum atomic E-state index is 0.233. The molecule has 0 radical (unpaired) electrons. The number of carbonyl (C=O) groups is 1. The quantitative estimate of drug-likeness (QED) is 0.885. The summed E-state index contributed by atoms with van der Waals surface area (Å²) in [6, 6.07) is 8.88. The molecule has 112 valence electrons. The van der Waals surface area contributed by atoms with Crippen LogP contribution in [0.5, 0.6) is 0 Å². The van der Waals surface area contributed by atoms with E-state index in [0.29, 0.717) is 12.6 Å². The van der Waals surface area contributed by atoms with Gasteiger partial charge in [0, 0.05) is 25.3 Å². The Morgan fingerprint density at radius 3 is 2.86 bits per heavy atom. The van der Waals surface area contributed by atoms with Crippen LogP contribution in [0.4, 0.5) is 0 Å². The average molecular weight is 285 g/mol. The topological polar surface area (TPSA) is 37.3 Å². The Hall–Kier alpha value is -1.81. The second-order valence-corrected chi connectivity index (χ2v) is 5.74. The van der Waals surface area contributed by atoms with Gasteiger partial charge in [-0.2, -0.15) is 0 Å². The van der Waals surface area contributed by atoms with E-state index in [0.717, 1.165) is 25.9 Å². The molecule has 1 N–H and O–H groups in total. The number of benzene rings is 1. The fraction of sp³-hybridized carbons (Fsp3) is 0.471. The van der Waals surface area contributed by atoms with E-state index in [1.165, 1.54) is 16.5 Å². The summed E-state index contributed by atoms with van der Waals surface area (Å²) in [6.45, 7) is 4.13. The van der Waals surface area contributed by atoms with E-state index in [1.54, 1.807) is 0 Å². The molecule has 0 bridgehead atoms. The number of likely N-dealkylation sites (N-methyl/N-ethyl adjacent to an activating group) is 1. The first-order valence-electron chi connectivity index (χ1n) is 7.75. The van der Waals surface area contributed by atoms with Crippen LogP contribution in [0.3, 0.4) is 0 Å². The van der Waals surface area contributed by atoms with Gasteiger partial charge in [-0.3, -0.25) is 4.79 Å². The third kappa shape index (κ3) is 2.81. The third-order valence-electron chi connectivity index (χ3n) is 4.19. The zero-order valence-corrected chi connectivity index (χ0v) is 12.8. The summed E-state index contributed by atoms with van der Waals surface area (Å²) in [6.07, 6.45) is 4.36. The molecule has 1 amide bonds. The normalized spacial score (nSPS) is 14.6. The van der Waals surface area contributed by atoms with Crippen LogP contribution in [0.25, 0.3) is 10.9 Å². The van der Waals surface area contributed by atoms with Gasteiger partial charge in [0.15, 0.2) is 0 Å². The summed E-state index contributed by atoms with van der Waals surface area (Å²) >= 11 is 0. The molecule has 1 fully saturated rings. The van der Waals surface area contributed by atoms with Gasteiger partial charge in [-0.1, -0.05) is 18.2 Å². The highest BCUT2D eigenvalue weighted by atomic mass is 16.2. The van der Waals surface area contributed by atoms with E-state index in [4.69, 9.17) is 0 Å². The molecule has 0 atom stereocenters. The van der Waals surface area contributed by atoms with E-state index in [1.807, 2.05) is 18.1 Å². The molecule has 0 spiro atoms. The van der Waals surface area contributed by atoms with Gasteiger partial charge in [0.1, 0.15) is 6.54 Å². The van der Waals surface area contributed by atoms with Crippen LogP contribution in [0.2, 0.25) is 0 Å². The maximum atomic E-state index is 12.5. The largest absolute Gasteiger partial charge is 0.338 e. The molecule has 1 aromatic carbocycles. The molecule has 21 heavy (non-hydrogen) atoms. The first-order valence-corrected chi connectivity index (χ1v) is 7.75. The zero-order valence-electron chi connectivity index (χ0n) is 12.8. The summed E-state index contributed by atoms with van der Waals surface area (Å²) in [5, 5.41) is 4.40. The number of amides is 1. The third-order valence-corrected chi connectivity index (χ3v) is 4.19. The van der Waals surface area contributed by atoms with E-state index in [2.05, 4.69) is 41.1 Å². The van der Waals surface area contributed by atoms with Crippen LogP contribution in [0, 0.1) is 0 Å². The highest BCUT2D eigenvalue weighted by Gasteiger charge is 2.31. The zero-order chi connectivity index (χ0) is 14.8. The molecular weight excluding hydrogens is 262 g/mol. The number of fused-ring (bicyclic) bond motifs is 1. The number of para-hydroxylation sites is 1. The Morgan fingerprint density at radius 2 is 2.19 bits per heavy atom. The van der Waals surface area contributed by atoms with Gasteiger partial charge in [-0.25, -0.2) is 0 Å². The van der Waals surface area contributed by atoms with Crippen molar-refractivity contribution in [1.29, 1.82) is 0 Å². The van der Waals surface area contributed by atoms with E-state index >= 15 is 0 Å². The van der Waals surface area contributed by atoms with Crippen molar-refractivity contribution in [2.24, 2.45) is 0 Å². The summed E-state index contributed by atoms with van der Waals surface area (Å²) < 4.78 is 2.09. The Morgan fingerprint density at radius 1 is 1.38 bits per heavy atom. The van der Waals surface area contributed by atoms with Crippen molar-refractivity contribution < 1.29 is 4.79 Å². The van der Waals surface area contributed by atoms with E-state index in [9.17, 15) is 4.79 Å². The van der Waals surface area contributed by atoms with Crippen molar-refractivity contribution in [3.05, 3.63) is 36.0 Å². The van der Waals surface area contributed by atoms with E-state index in [-0.39, 0.29) is 5.91 Å². The van der Waals surface area contributed by atoms with Crippen LogP contribution < -0.4 is 5.32 Å². The minimum Gasteiger partial charge on any atom is -0.338 e. The van der Waals surface area contributed by atoms with Crippen molar-refractivity contribution in [2.75, 3.05) is 13.6 Å². The standard InChI is InChI=1S/C17H23N3O/c1-3-20(15-7-8-15)16(21)12-19-10-9-13-5-4-6-14(11-18-2)17(13)19/h4-6,9-10,15,18H,3,7-8,11-12H2,1-2H3. The highest BCUT2D eigenvalue weighted by Crippen LogP contribution is 2.27. The Bertz CT molecular complexity index is 643. The van der Waals surface area contributed by atoms with Crippen LogP contribution in [-0.2, 0) is 17.9 Å². The molecule has 1 heterocycles. The van der Waals surface area contributed by atoms with Crippen LogP contribution in [0.15, 0.2) is 30.5 Å². The van der Waals surface area contributed by atoms with Gasteiger partial charge in [0.25, 0.3) is 0 Å². The number of aromatic nitrogens is 1. The monoisotopic (exact) mass is 285 g/mol. The SMILES string of the molecule is CCN(C(=O)Cn1ccc2cccc(CNC)c21)C1CC1. The predicted molar refractivity (Wildman–Crippen MR) is 85.1 cm³/mol. The fourth-order valence-corrected chi connectivity index (χ4v) is 3.07. The molecule has 2 aromatic rings. The number of hydrogen-bond donors (Lipinski definition) is 1. The van der Waals surface area contributed by atoms with Crippen LogP contribution in [-0.4, -0.2) is 35.0 Å². The Labute approximate surface area is 125 Å². The van der Waals surface area contributed by atoms with Gasteiger partial charge in [-0.15, -0.1) is 0 Å². The second-order valence-electron chi connectivity index (χ2n) is 5.74. The number of carbonyl (C=O) groups excluding carboxylic acids is 1. The van der Waals surface area contributed by atoms with E-state index < -0.39 is 0 Å². The van der Waals surface area contributed by atoms with Gasteiger partial charge in [0.2, 0.25) is 5.91 Å². The van der Waals surface area contributed by atoms with Gasteiger partial charge in [0.05, 0.1) is 5.52 Å². The van der Waals surface area contributed by atoms with Gasteiger partial charge < -0.3 is 14.8 Å². The molecule has 0 aliphatic heterocycles. The molecule has 4 nitrogen and oxygen atoms in total. The molecular formula is C17H23N3O. The first-order chi connectivity index (χ1) is 10.2. The fourth-order valence-electron chi connectivity index (χ4n) is 3.07. The average Bonchev–Trinajstić information content (AvgIpc) is 3.22. The maximum Gasteiger partial charge on any atom is 0.242 e. The lowest BCUT2D eigenvalue weighted by Gasteiger charge is -2.21. The predicted octanol–water partition coefficient (Wildman–Crippen LogP) is 2.37. The molecule has 0 unspecified atom stereocenters. The maximum absolute atomic E-state index is 12.5. The lowest BCUT2D eigenvalue weighted by Crippen LogP contribution is -2.35. The number of hydrogen-bond acceptors (Lipinski definition) is 2. The second kappa shape index (κ2) is 5.90. The Balaban J connectivity index is 1.88. The molecule has 1 aromatic heterocycles. The number of nitrogens with zero attached hydrogens (tertiary/aromatic N) is 2. The smallest absolute Gasteiger partial charge is 0.242 e. The first kappa shape index (κ1) is 14.1. The van der Waals surface area contributed by atoms with Gasteiger partial charge in [-0.05, 0) is 43.8 Å². The molecule has 1 aliphatic rings. The lowest BCUT2D eigenvalue weighted by atomic mass is 10.1. The Kier molecular flexibility index (Phi) is 3.97. The van der Waals surface area contributed by atoms with Gasteiger partial charge >= 0.3 is 0 Å². The van der Waals surface area contributed by atoms with Crippen molar-refractivity contribution in [1.82, 2.24) is 14.8 Å². The molecule has 1 aliphatic carbocycles. The summed E-state index contributed by atoms with van der Waals surface area (Å²) in [7, 11) is 1.95. The summed E-state index contributed by atoms with van der Waals surface area (Å²) in [4.78, 5) is 14.5. The van der Waals surface area contributed by atoms with Crippen molar-refractivity contribution in [3.63, 3.8) is 0 Å². The van der Waals surface area contributed by atoms with Crippen molar-refractivity contribution >= 4 is 16.8 Å². The molecule has 3 rings (SSSR count). The highest BCUT2D eigenvalue weighted by molar-refractivity contribution is 5.86. The van der Waals surface area contributed by atoms with Crippen molar-refractivity contribution in [2.45, 2.75) is 38.9 Å². The summed E-state index contributed by atoms with van der Waals surface area (Å²) in [5.41, 5.74) is 2.41. The lowest BCUT2D eigenvalue weighted by molar-refractivity contribution is -0.132. The summed E-state index contributed by atoms with van der Waals surface area (Å²) in [5.74, 6) is 0.233. The van der Waals surface area contributed by atoms with Crippen molar-refractivity contribution in [3.8, 4) is 0 Å². The molecule has 1 saturated carbocycles. The number of nitrogens with one attached hydrogen (secondary N) is 1.